The number of carboxylic acid groups (broad SMARTS) is 1. The van der Waals surface area contributed by atoms with E-state index in [4.69, 9.17) is 19.3 Å². The Bertz CT molecular complexity index is 351. The largest absolute Gasteiger partial charge is 0.480 e. The molecule has 1 saturated heterocycles. The molecule has 21 heavy (non-hydrogen) atoms. The number of aliphatic carboxylic acids is 1. The number of carbonyl (C=O) groups is 2. The number of ether oxygens (including phenoxy) is 3. The van der Waals surface area contributed by atoms with Crippen molar-refractivity contribution >= 4 is 23.8 Å². The van der Waals surface area contributed by atoms with Gasteiger partial charge in [0.05, 0.1) is 12.7 Å². The highest BCUT2D eigenvalue weighted by atomic mass is 32.2. The molecule has 0 radical (unpaired) electrons. The third kappa shape index (κ3) is 8.13. The maximum atomic E-state index is 11.6. The Kier molecular flexibility index (Phi) is 7.27. The second-order valence-corrected chi connectivity index (χ2v) is 6.75. The molecule has 1 aliphatic heterocycles. The average Bonchev–Trinajstić information content (AvgIpc) is 2.36. The van der Waals surface area contributed by atoms with Crippen LogP contribution in [0, 0.1) is 0 Å². The van der Waals surface area contributed by atoms with Gasteiger partial charge in [0.25, 0.3) is 0 Å². The highest BCUT2D eigenvalue weighted by molar-refractivity contribution is 7.99. The Morgan fingerprint density at radius 2 is 2.19 bits per heavy atom. The summed E-state index contributed by atoms with van der Waals surface area (Å²) < 4.78 is 15.5. The minimum atomic E-state index is -1.08. The summed E-state index contributed by atoms with van der Waals surface area (Å²) >= 11 is 1.42. The first-order valence-electron chi connectivity index (χ1n) is 6.77. The van der Waals surface area contributed by atoms with E-state index in [1.165, 1.54) is 11.8 Å². The molecule has 1 heterocycles. The maximum absolute atomic E-state index is 11.6. The van der Waals surface area contributed by atoms with Crippen LogP contribution in [0.15, 0.2) is 0 Å². The van der Waals surface area contributed by atoms with Crippen molar-refractivity contribution in [3.8, 4) is 0 Å². The van der Waals surface area contributed by atoms with Crippen LogP contribution < -0.4 is 5.32 Å². The van der Waals surface area contributed by atoms with Crippen molar-refractivity contribution in [1.82, 2.24) is 5.32 Å². The number of carbonyl (C=O) groups excluding carboxylic acids is 1. The average molecular weight is 321 g/mol. The number of rotatable bonds is 6. The van der Waals surface area contributed by atoms with E-state index in [0.717, 1.165) is 6.42 Å². The summed E-state index contributed by atoms with van der Waals surface area (Å²) in [4.78, 5) is 22.7. The van der Waals surface area contributed by atoms with Crippen LogP contribution in [0.4, 0.5) is 4.79 Å². The Labute approximate surface area is 128 Å². The van der Waals surface area contributed by atoms with Crippen molar-refractivity contribution in [2.24, 2.45) is 0 Å². The lowest BCUT2D eigenvalue weighted by atomic mass is 10.2. The second-order valence-electron chi connectivity index (χ2n) is 5.68. The minimum absolute atomic E-state index is 0.0692. The highest BCUT2D eigenvalue weighted by Crippen LogP contribution is 2.14. The first-order chi connectivity index (χ1) is 9.78. The Hall–Kier alpha value is -0.990. The summed E-state index contributed by atoms with van der Waals surface area (Å²) in [6.45, 7) is 6.10. The SMILES string of the molecule is CC(C)(C)OC(=O)NC(CSCC1CCOCO1)C(=O)O. The van der Waals surface area contributed by atoms with Crippen molar-refractivity contribution in [2.75, 3.05) is 24.9 Å². The molecule has 1 fully saturated rings. The molecule has 0 saturated carbocycles. The Morgan fingerprint density at radius 3 is 2.71 bits per heavy atom. The van der Waals surface area contributed by atoms with Crippen LogP contribution in [0.2, 0.25) is 0 Å². The number of hydrogen-bond donors (Lipinski definition) is 2. The van der Waals surface area contributed by atoms with Gasteiger partial charge < -0.3 is 24.6 Å². The third-order valence-corrected chi connectivity index (χ3v) is 3.73. The third-order valence-electron chi connectivity index (χ3n) is 2.55. The first kappa shape index (κ1) is 18.1. The molecule has 0 aromatic rings. The molecule has 0 spiro atoms. The summed E-state index contributed by atoms with van der Waals surface area (Å²) in [5.41, 5.74) is -0.657. The van der Waals surface area contributed by atoms with Gasteiger partial charge in [0, 0.05) is 11.5 Å². The van der Waals surface area contributed by atoms with Crippen LogP contribution in [-0.4, -0.2) is 59.8 Å². The minimum Gasteiger partial charge on any atom is -0.480 e. The van der Waals surface area contributed by atoms with E-state index < -0.39 is 23.7 Å². The van der Waals surface area contributed by atoms with Crippen LogP contribution in [-0.2, 0) is 19.0 Å². The fourth-order valence-corrected chi connectivity index (χ4v) is 2.70. The molecule has 1 rings (SSSR count). The van der Waals surface area contributed by atoms with E-state index in [1.54, 1.807) is 20.8 Å². The van der Waals surface area contributed by atoms with Gasteiger partial charge in [0.1, 0.15) is 18.4 Å². The molecule has 0 aromatic heterocycles. The van der Waals surface area contributed by atoms with E-state index in [0.29, 0.717) is 12.4 Å². The zero-order valence-corrected chi connectivity index (χ0v) is 13.4. The fraction of sp³-hybridized carbons (Fsp3) is 0.846. The van der Waals surface area contributed by atoms with E-state index in [9.17, 15) is 9.59 Å². The Balaban J connectivity index is 2.32. The van der Waals surface area contributed by atoms with E-state index in [2.05, 4.69) is 5.32 Å². The number of hydrogen-bond acceptors (Lipinski definition) is 6. The highest BCUT2D eigenvalue weighted by Gasteiger charge is 2.24. The number of carboxylic acids is 1. The lowest BCUT2D eigenvalue weighted by Crippen LogP contribution is -2.45. The van der Waals surface area contributed by atoms with E-state index in [1.807, 2.05) is 0 Å². The van der Waals surface area contributed by atoms with Gasteiger partial charge in [-0.3, -0.25) is 0 Å². The molecular formula is C13H23NO6S. The van der Waals surface area contributed by atoms with Gasteiger partial charge in [-0.25, -0.2) is 9.59 Å². The molecule has 1 amide bonds. The van der Waals surface area contributed by atoms with Crippen LogP contribution >= 0.6 is 11.8 Å². The molecule has 0 aromatic carbocycles. The molecule has 8 heteroatoms. The summed E-state index contributed by atoms with van der Waals surface area (Å²) in [5, 5.41) is 11.5. The molecule has 2 unspecified atom stereocenters. The molecule has 7 nitrogen and oxygen atoms in total. The number of nitrogens with one attached hydrogen (secondary N) is 1. The number of alkyl carbamates (subject to hydrolysis) is 1. The van der Waals surface area contributed by atoms with Gasteiger partial charge in [-0.05, 0) is 27.2 Å². The van der Waals surface area contributed by atoms with Crippen LogP contribution in [0.1, 0.15) is 27.2 Å². The fourth-order valence-electron chi connectivity index (χ4n) is 1.57. The zero-order valence-electron chi connectivity index (χ0n) is 12.6. The van der Waals surface area contributed by atoms with E-state index in [-0.39, 0.29) is 18.6 Å². The monoisotopic (exact) mass is 321 g/mol. The molecule has 2 N–H and O–H groups in total. The Morgan fingerprint density at radius 1 is 1.48 bits per heavy atom. The second kappa shape index (κ2) is 8.45. The van der Waals surface area contributed by atoms with Gasteiger partial charge in [-0.15, -0.1) is 0 Å². The van der Waals surface area contributed by atoms with Gasteiger partial charge >= 0.3 is 12.1 Å². The topological polar surface area (TPSA) is 94.1 Å². The number of thioether (sulfide) groups is 1. The van der Waals surface area contributed by atoms with Crippen molar-refractivity contribution in [2.45, 2.75) is 44.9 Å². The first-order valence-corrected chi connectivity index (χ1v) is 7.93. The van der Waals surface area contributed by atoms with Gasteiger partial charge in [0.2, 0.25) is 0 Å². The summed E-state index contributed by atoms with van der Waals surface area (Å²) in [6, 6.07) is -0.982. The van der Waals surface area contributed by atoms with Crippen molar-refractivity contribution < 1.29 is 28.9 Å². The van der Waals surface area contributed by atoms with Crippen LogP contribution in [0.5, 0.6) is 0 Å². The molecule has 0 bridgehead atoms. The quantitative estimate of drug-likeness (QED) is 0.765. The van der Waals surface area contributed by atoms with Crippen molar-refractivity contribution in [1.29, 1.82) is 0 Å². The smallest absolute Gasteiger partial charge is 0.408 e. The zero-order chi connectivity index (χ0) is 15.9. The standard InChI is InChI=1S/C13H23NO6S/c1-13(2,3)20-12(17)14-10(11(15)16)7-21-6-9-4-5-18-8-19-9/h9-10H,4-8H2,1-3H3,(H,14,17)(H,15,16). The number of amides is 1. The van der Waals surface area contributed by atoms with Crippen molar-refractivity contribution in [3.63, 3.8) is 0 Å². The molecule has 2 atom stereocenters. The summed E-state index contributed by atoms with van der Waals surface area (Å²) in [7, 11) is 0. The molecule has 122 valence electrons. The van der Waals surface area contributed by atoms with Gasteiger partial charge in [-0.2, -0.15) is 11.8 Å². The van der Waals surface area contributed by atoms with Gasteiger partial charge in [0.15, 0.2) is 0 Å². The predicted molar refractivity (Wildman–Crippen MR) is 78.4 cm³/mol. The van der Waals surface area contributed by atoms with Gasteiger partial charge in [-0.1, -0.05) is 0 Å². The lowest BCUT2D eigenvalue weighted by molar-refractivity contribution is -0.138. The molecule has 0 aliphatic carbocycles. The van der Waals surface area contributed by atoms with E-state index >= 15 is 0 Å². The normalized spacial score (nSPS) is 20.6. The molecule has 1 aliphatic rings. The lowest BCUT2D eigenvalue weighted by Gasteiger charge is -2.24. The summed E-state index contributed by atoms with van der Waals surface area (Å²) in [6.07, 6.45) is 0.141. The summed E-state index contributed by atoms with van der Waals surface area (Å²) in [5.74, 6) is -0.153. The van der Waals surface area contributed by atoms with Crippen LogP contribution in [0.25, 0.3) is 0 Å². The van der Waals surface area contributed by atoms with Crippen LogP contribution in [0.3, 0.4) is 0 Å². The molecular weight excluding hydrogens is 298 g/mol. The maximum Gasteiger partial charge on any atom is 0.408 e. The van der Waals surface area contributed by atoms with Crippen molar-refractivity contribution in [3.05, 3.63) is 0 Å². The predicted octanol–water partition coefficient (Wildman–Crippen LogP) is 1.46.